The molecule has 136 valence electrons. The lowest BCUT2D eigenvalue weighted by Crippen LogP contribution is -2.55. The van der Waals surface area contributed by atoms with Crippen molar-refractivity contribution in [2.24, 2.45) is 5.73 Å². The highest BCUT2D eigenvalue weighted by molar-refractivity contribution is 6.30. The Morgan fingerprint density at radius 3 is 2.56 bits per heavy atom. The number of aromatic nitrogens is 2. The van der Waals surface area contributed by atoms with Crippen molar-refractivity contribution >= 4 is 29.9 Å². The monoisotopic (exact) mass is 384 g/mol. The summed E-state index contributed by atoms with van der Waals surface area (Å²) in [5, 5.41) is 7.51. The number of hydrogen-bond donors (Lipinski definition) is 2. The third-order valence-electron chi connectivity index (χ3n) is 4.47. The maximum Gasteiger partial charge on any atom is 0.257 e. The zero-order valence-electron chi connectivity index (χ0n) is 14.0. The van der Waals surface area contributed by atoms with Crippen molar-refractivity contribution < 1.29 is 9.32 Å². The molecular formula is C17H22Cl2N4O2. The van der Waals surface area contributed by atoms with Crippen LogP contribution in [0.15, 0.2) is 28.8 Å². The summed E-state index contributed by atoms with van der Waals surface area (Å²) in [5.74, 6) is 0.670. The van der Waals surface area contributed by atoms with Crippen LogP contribution in [0.1, 0.15) is 50.9 Å². The largest absolute Gasteiger partial charge is 0.345 e. The van der Waals surface area contributed by atoms with Gasteiger partial charge in [0, 0.05) is 10.6 Å². The fourth-order valence-corrected chi connectivity index (χ4v) is 3.06. The van der Waals surface area contributed by atoms with Gasteiger partial charge in [-0.2, -0.15) is 4.98 Å². The average molecular weight is 385 g/mol. The van der Waals surface area contributed by atoms with Gasteiger partial charge in [-0.15, -0.1) is 12.4 Å². The summed E-state index contributed by atoms with van der Waals surface area (Å²) in [5.41, 5.74) is 6.25. The maximum atomic E-state index is 12.5. The second-order valence-electron chi connectivity index (χ2n) is 6.38. The van der Waals surface area contributed by atoms with Crippen molar-refractivity contribution in [2.45, 2.75) is 50.6 Å². The molecule has 0 saturated heterocycles. The first kappa shape index (κ1) is 19.7. The van der Waals surface area contributed by atoms with Gasteiger partial charge >= 0.3 is 0 Å². The minimum absolute atomic E-state index is 0. The maximum absolute atomic E-state index is 12.5. The molecule has 0 bridgehead atoms. The number of rotatable bonds is 4. The number of nitrogens with one attached hydrogen (secondary N) is 1. The normalized spacial score (nSPS) is 17.4. The van der Waals surface area contributed by atoms with Crippen LogP contribution >= 0.6 is 24.0 Å². The second-order valence-corrected chi connectivity index (χ2v) is 6.81. The summed E-state index contributed by atoms with van der Waals surface area (Å²) in [4.78, 5) is 16.8. The van der Waals surface area contributed by atoms with Crippen LogP contribution in [-0.4, -0.2) is 21.6 Å². The Bertz CT molecular complexity index is 712. The fourth-order valence-electron chi connectivity index (χ4n) is 2.94. The van der Waals surface area contributed by atoms with Crippen LogP contribution in [0, 0.1) is 0 Å². The van der Waals surface area contributed by atoms with Crippen molar-refractivity contribution in [3.8, 4) is 11.5 Å². The van der Waals surface area contributed by atoms with Crippen molar-refractivity contribution in [1.82, 2.24) is 15.5 Å². The molecule has 3 rings (SSSR count). The van der Waals surface area contributed by atoms with Gasteiger partial charge in [-0.1, -0.05) is 36.0 Å². The van der Waals surface area contributed by atoms with Gasteiger partial charge in [0.2, 0.25) is 5.91 Å². The van der Waals surface area contributed by atoms with Crippen molar-refractivity contribution in [1.29, 1.82) is 0 Å². The Morgan fingerprint density at radius 2 is 1.92 bits per heavy atom. The van der Waals surface area contributed by atoms with E-state index in [2.05, 4.69) is 15.5 Å². The Labute approximate surface area is 157 Å². The smallest absolute Gasteiger partial charge is 0.257 e. The molecule has 8 heteroatoms. The van der Waals surface area contributed by atoms with E-state index < -0.39 is 5.54 Å². The van der Waals surface area contributed by atoms with Gasteiger partial charge < -0.3 is 15.6 Å². The third kappa shape index (κ3) is 4.51. The topological polar surface area (TPSA) is 94.0 Å². The van der Waals surface area contributed by atoms with E-state index in [0.29, 0.717) is 29.6 Å². The van der Waals surface area contributed by atoms with Crippen LogP contribution in [0.2, 0.25) is 5.02 Å². The van der Waals surface area contributed by atoms with Crippen molar-refractivity contribution in [3.05, 3.63) is 35.1 Å². The zero-order valence-corrected chi connectivity index (χ0v) is 15.6. The fraction of sp³-hybridized carbons (Fsp3) is 0.471. The highest BCUT2D eigenvalue weighted by Gasteiger charge is 2.36. The van der Waals surface area contributed by atoms with E-state index in [-0.39, 0.29) is 24.4 Å². The predicted octanol–water partition coefficient (Wildman–Crippen LogP) is 3.65. The highest BCUT2D eigenvalue weighted by atomic mass is 35.5. The van der Waals surface area contributed by atoms with E-state index >= 15 is 0 Å². The molecule has 1 aliphatic rings. The average Bonchev–Trinajstić information content (AvgIpc) is 3.06. The van der Waals surface area contributed by atoms with Gasteiger partial charge in [0.15, 0.2) is 5.82 Å². The van der Waals surface area contributed by atoms with Crippen LogP contribution in [0.4, 0.5) is 0 Å². The molecule has 6 nitrogen and oxygen atoms in total. The molecular weight excluding hydrogens is 363 g/mol. The number of halogens is 2. The molecule has 3 N–H and O–H groups in total. The van der Waals surface area contributed by atoms with E-state index in [1.54, 1.807) is 24.3 Å². The summed E-state index contributed by atoms with van der Waals surface area (Å²) in [6.07, 6.45) is 4.54. The Hall–Kier alpha value is -1.63. The molecule has 25 heavy (non-hydrogen) atoms. The van der Waals surface area contributed by atoms with Gasteiger partial charge in [0.1, 0.15) is 0 Å². The number of carbonyl (C=O) groups is 1. The van der Waals surface area contributed by atoms with E-state index in [1.165, 1.54) is 0 Å². The molecule has 1 atom stereocenters. The lowest BCUT2D eigenvalue weighted by molar-refractivity contribution is -0.128. The SMILES string of the molecule is CC(NC(=O)C1(N)CCCCC1)c1noc(-c2ccc(Cl)cc2)n1.Cl. The minimum atomic E-state index is -0.782. The van der Waals surface area contributed by atoms with Crippen LogP contribution in [-0.2, 0) is 4.79 Å². The molecule has 1 aromatic heterocycles. The summed E-state index contributed by atoms with van der Waals surface area (Å²) < 4.78 is 5.28. The Balaban J connectivity index is 0.00000225. The summed E-state index contributed by atoms with van der Waals surface area (Å²) in [7, 11) is 0. The van der Waals surface area contributed by atoms with E-state index in [9.17, 15) is 4.79 Å². The Morgan fingerprint density at radius 1 is 1.28 bits per heavy atom. The molecule has 1 amide bonds. The molecule has 1 aliphatic carbocycles. The van der Waals surface area contributed by atoms with Crippen molar-refractivity contribution in [2.75, 3.05) is 0 Å². The lowest BCUT2D eigenvalue weighted by atomic mass is 9.82. The van der Waals surface area contributed by atoms with Gasteiger partial charge in [0.05, 0.1) is 11.6 Å². The van der Waals surface area contributed by atoms with Gasteiger partial charge in [-0.05, 0) is 44.0 Å². The molecule has 0 aliphatic heterocycles. The molecule has 2 aromatic rings. The molecule has 0 radical (unpaired) electrons. The number of nitrogens with two attached hydrogens (primary N) is 1. The number of carbonyl (C=O) groups excluding carboxylic acids is 1. The molecule has 1 unspecified atom stereocenters. The lowest BCUT2D eigenvalue weighted by Gasteiger charge is -2.32. The second kappa shape index (κ2) is 8.17. The van der Waals surface area contributed by atoms with Gasteiger partial charge in [-0.25, -0.2) is 0 Å². The molecule has 1 saturated carbocycles. The molecule has 1 heterocycles. The summed E-state index contributed by atoms with van der Waals surface area (Å²) >= 11 is 5.87. The van der Waals surface area contributed by atoms with E-state index in [4.69, 9.17) is 21.9 Å². The first-order valence-electron chi connectivity index (χ1n) is 8.17. The molecule has 1 fully saturated rings. The van der Waals surface area contributed by atoms with Crippen LogP contribution < -0.4 is 11.1 Å². The quantitative estimate of drug-likeness (QED) is 0.838. The highest BCUT2D eigenvalue weighted by Crippen LogP contribution is 2.27. The number of amides is 1. The number of benzene rings is 1. The van der Waals surface area contributed by atoms with E-state index in [1.807, 2.05) is 6.92 Å². The van der Waals surface area contributed by atoms with Crippen LogP contribution in [0.25, 0.3) is 11.5 Å². The third-order valence-corrected chi connectivity index (χ3v) is 4.72. The first-order chi connectivity index (χ1) is 11.5. The van der Waals surface area contributed by atoms with Crippen LogP contribution in [0.5, 0.6) is 0 Å². The standard InChI is InChI=1S/C17H21ClN4O2.ClH/c1-11(20-16(23)17(19)9-3-2-4-10-17)14-21-15(24-22-14)12-5-7-13(18)8-6-12;/h5-8,11H,2-4,9-10,19H2,1H3,(H,20,23);1H. The number of hydrogen-bond acceptors (Lipinski definition) is 5. The Kier molecular flexibility index (Phi) is 6.43. The summed E-state index contributed by atoms with van der Waals surface area (Å²) in [6, 6.07) is 6.75. The molecule has 0 spiro atoms. The predicted molar refractivity (Wildman–Crippen MR) is 98.6 cm³/mol. The zero-order chi connectivity index (χ0) is 17.2. The van der Waals surface area contributed by atoms with Gasteiger partial charge in [-0.3, -0.25) is 4.79 Å². The van der Waals surface area contributed by atoms with Crippen molar-refractivity contribution in [3.63, 3.8) is 0 Å². The van der Waals surface area contributed by atoms with Gasteiger partial charge in [0.25, 0.3) is 5.89 Å². The van der Waals surface area contributed by atoms with E-state index in [0.717, 1.165) is 24.8 Å². The summed E-state index contributed by atoms with van der Waals surface area (Å²) in [6.45, 7) is 1.82. The number of nitrogens with zero attached hydrogens (tertiary/aromatic N) is 2. The minimum Gasteiger partial charge on any atom is -0.345 e. The van der Waals surface area contributed by atoms with Crippen LogP contribution in [0.3, 0.4) is 0 Å². The first-order valence-corrected chi connectivity index (χ1v) is 8.55. The molecule has 1 aromatic carbocycles.